The number of nitrogens with two attached hydrogens (primary N) is 1. The summed E-state index contributed by atoms with van der Waals surface area (Å²) in [4.78, 5) is 4.04. The minimum Gasteiger partial charge on any atom is -0.388 e. The van der Waals surface area contributed by atoms with Gasteiger partial charge in [-0.15, -0.1) is 0 Å². The van der Waals surface area contributed by atoms with Gasteiger partial charge in [-0.2, -0.15) is 0 Å². The molecule has 0 aromatic rings. The van der Waals surface area contributed by atoms with Crippen LogP contribution in [0.25, 0.3) is 0 Å². The quantitative estimate of drug-likeness (QED) is 0.325. The number of ether oxygens (including phenoxy) is 1. The van der Waals surface area contributed by atoms with E-state index in [9.17, 15) is 10.2 Å². The predicted molar refractivity (Wildman–Crippen MR) is 43.0 cm³/mol. The second-order valence-electron chi connectivity index (χ2n) is 3.72. The van der Waals surface area contributed by atoms with Gasteiger partial charge in [0.05, 0.1) is 6.04 Å². The molecular weight excluding hydrogens is 174 g/mol. The third-order valence-corrected chi connectivity index (χ3v) is 3.00. The maximum atomic E-state index is 9.66. The van der Waals surface area contributed by atoms with Crippen LogP contribution in [0.5, 0.6) is 0 Å². The first kappa shape index (κ1) is 7.54. The molecule has 13 heavy (non-hydrogen) atoms. The summed E-state index contributed by atoms with van der Waals surface area (Å²) in [5, 5.41) is 22.2. The van der Waals surface area contributed by atoms with Crippen molar-refractivity contribution in [1.82, 2.24) is 5.32 Å². The smallest absolute Gasteiger partial charge is 0.189 e. The lowest BCUT2D eigenvalue weighted by atomic mass is 9.85. The molecule has 0 aliphatic carbocycles. The zero-order valence-corrected chi connectivity index (χ0v) is 6.79. The van der Waals surface area contributed by atoms with Gasteiger partial charge in [0.2, 0.25) is 0 Å². The van der Waals surface area contributed by atoms with E-state index in [4.69, 9.17) is 10.5 Å². The first-order valence-corrected chi connectivity index (χ1v) is 4.30. The van der Waals surface area contributed by atoms with Gasteiger partial charge in [0, 0.05) is 0 Å². The molecule has 2 saturated heterocycles. The van der Waals surface area contributed by atoms with Crippen molar-refractivity contribution >= 4 is 5.96 Å². The molecule has 6 heteroatoms. The molecule has 0 aromatic heterocycles. The van der Waals surface area contributed by atoms with E-state index in [0.29, 0.717) is 0 Å². The second kappa shape index (κ2) is 2.14. The largest absolute Gasteiger partial charge is 0.388 e. The molecule has 72 valence electrons. The summed E-state index contributed by atoms with van der Waals surface area (Å²) in [6, 6.07) is -0.518. The van der Waals surface area contributed by atoms with Gasteiger partial charge in [-0.05, 0) is 0 Å². The highest BCUT2D eigenvalue weighted by Crippen LogP contribution is 2.38. The van der Waals surface area contributed by atoms with Gasteiger partial charge in [0.25, 0.3) is 0 Å². The van der Waals surface area contributed by atoms with Crippen molar-refractivity contribution in [3.63, 3.8) is 0 Å². The number of aliphatic hydroxyl groups excluding tert-OH is 2. The van der Waals surface area contributed by atoms with E-state index < -0.39 is 18.3 Å². The molecular formula is C7H11N3O3. The molecule has 2 fully saturated rings. The zero-order chi connectivity index (χ0) is 9.16. The minimum atomic E-state index is -0.725. The highest BCUT2D eigenvalue weighted by atomic mass is 16.5. The fourth-order valence-corrected chi connectivity index (χ4v) is 2.40. The lowest BCUT2D eigenvalue weighted by molar-refractivity contribution is -0.0119. The molecule has 3 rings (SSSR count). The summed E-state index contributed by atoms with van der Waals surface area (Å²) < 4.78 is 5.39. The lowest BCUT2D eigenvalue weighted by Crippen LogP contribution is -2.63. The fraction of sp³-hybridized carbons (Fsp3) is 0.857. The summed E-state index contributed by atoms with van der Waals surface area (Å²) in [7, 11) is 0. The summed E-state index contributed by atoms with van der Waals surface area (Å²) in [6.45, 7) is 0. The van der Waals surface area contributed by atoms with E-state index >= 15 is 0 Å². The highest BCUT2D eigenvalue weighted by Gasteiger charge is 2.61. The van der Waals surface area contributed by atoms with Crippen molar-refractivity contribution in [2.75, 3.05) is 0 Å². The second-order valence-corrected chi connectivity index (χ2v) is 3.72. The number of aliphatic imine (C=N–C) groups is 1. The van der Waals surface area contributed by atoms with E-state index in [1.165, 1.54) is 0 Å². The molecule has 6 nitrogen and oxygen atoms in total. The Labute approximate surface area is 74.4 Å². The molecule has 0 saturated carbocycles. The monoisotopic (exact) mass is 185 g/mol. The van der Waals surface area contributed by atoms with Crippen LogP contribution < -0.4 is 11.1 Å². The maximum absolute atomic E-state index is 9.66. The average Bonchev–Trinajstić information content (AvgIpc) is 2.56. The Balaban J connectivity index is 2.03. The van der Waals surface area contributed by atoms with E-state index in [1.54, 1.807) is 0 Å². The number of guanidine groups is 1. The molecule has 3 aliphatic rings. The third kappa shape index (κ3) is 0.756. The van der Waals surface area contributed by atoms with Crippen molar-refractivity contribution in [3.05, 3.63) is 0 Å². The van der Waals surface area contributed by atoms with Gasteiger partial charge < -0.3 is 26.0 Å². The van der Waals surface area contributed by atoms with Gasteiger partial charge in [-0.25, -0.2) is 4.99 Å². The Morgan fingerprint density at radius 2 is 2.08 bits per heavy atom. The summed E-state index contributed by atoms with van der Waals surface area (Å²) >= 11 is 0. The van der Waals surface area contributed by atoms with Crippen molar-refractivity contribution < 1.29 is 14.9 Å². The maximum Gasteiger partial charge on any atom is 0.189 e. The van der Waals surface area contributed by atoms with Crippen LogP contribution in [-0.4, -0.2) is 52.7 Å². The molecule has 0 aromatic carbocycles. The Kier molecular flexibility index (Phi) is 1.24. The van der Waals surface area contributed by atoms with Crippen molar-refractivity contribution in [2.45, 2.75) is 36.5 Å². The van der Waals surface area contributed by atoms with Gasteiger partial charge >= 0.3 is 0 Å². The van der Waals surface area contributed by atoms with Crippen LogP contribution in [0.1, 0.15) is 0 Å². The standard InChI is InChI=1S/C7H11N3O3/c8-7-9-1-3(11)6-4(12)2(10-7)5(1)13-6/h1-6,11-12H,(H3,8,9,10)/t1-,2+,3-,4+,5+,6-. The summed E-state index contributed by atoms with van der Waals surface area (Å²) in [5.41, 5.74) is 5.49. The molecule has 5 N–H and O–H groups in total. The number of hydrogen-bond donors (Lipinski definition) is 4. The van der Waals surface area contributed by atoms with Gasteiger partial charge in [0.1, 0.15) is 30.5 Å². The molecule has 6 atom stereocenters. The number of fused-ring (bicyclic) bond motifs is 1. The number of hydrogen-bond acceptors (Lipinski definition) is 6. The first-order chi connectivity index (χ1) is 6.18. The topological polar surface area (TPSA) is 100 Å². The Bertz CT molecular complexity index is 282. The van der Waals surface area contributed by atoms with E-state index in [-0.39, 0.29) is 24.1 Å². The van der Waals surface area contributed by atoms with Crippen LogP contribution in [0, 0.1) is 0 Å². The molecule has 3 heterocycles. The third-order valence-electron chi connectivity index (χ3n) is 3.00. The van der Waals surface area contributed by atoms with E-state index in [0.717, 1.165) is 0 Å². The van der Waals surface area contributed by atoms with Crippen LogP contribution in [0.15, 0.2) is 4.99 Å². The fourth-order valence-electron chi connectivity index (χ4n) is 2.40. The lowest BCUT2D eigenvalue weighted by Gasteiger charge is -2.35. The Morgan fingerprint density at radius 1 is 1.31 bits per heavy atom. The highest BCUT2D eigenvalue weighted by molar-refractivity contribution is 5.79. The van der Waals surface area contributed by atoms with Crippen molar-refractivity contribution in [1.29, 1.82) is 0 Å². The van der Waals surface area contributed by atoms with Crippen LogP contribution in [0.2, 0.25) is 0 Å². The molecule has 0 amide bonds. The molecule has 3 aliphatic heterocycles. The van der Waals surface area contributed by atoms with E-state index in [2.05, 4.69) is 10.3 Å². The molecule has 0 unspecified atom stereocenters. The van der Waals surface area contributed by atoms with Crippen molar-refractivity contribution in [2.24, 2.45) is 10.7 Å². The first-order valence-electron chi connectivity index (χ1n) is 4.30. The van der Waals surface area contributed by atoms with Crippen LogP contribution in [0.3, 0.4) is 0 Å². The Hall–Kier alpha value is -0.850. The average molecular weight is 185 g/mol. The van der Waals surface area contributed by atoms with Crippen LogP contribution in [-0.2, 0) is 4.74 Å². The molecule has 0 radical (unpaired) electrons. The van der Waals surface area contributed by atoms with Gasteiger partial charge in [0.15, 0.2) is 5.96 Å². The normalized spacial score (nSPS) is 57.5. The number of aliphatic hydroxyl groups is 2. The zero-order valence-electron chi connectivity index (χ0n) is 6.79. The SMILES string of the molecule is NC1=N[C@@H]2[C@@H](O)[C@H]3O[C@@H]2[C@@H](N1)[C@@H]3O. The number of rotatable bonds is 0. The van der Waals surface area contributed by atoms with Gasteiger partial charge in [-0.3, -0.25) is 0 Å². The van der Waals surface area contributed by atoms with Crippen LogP contribution in [0.4, 0.5) is 0 Å². The molecule has 2 bridgehead atoms. The van der Waals surface area contributed by atoms with Crippen molar-refractivity contribution in [3.8, 4) is 0 Å². The summed E-state index contributed by atoms with van der Waals surface area (Å²) in [6.07, 6.45) is -2.16. The number of nitrogens with zero attached hydrogens (tertiary/aromatic N) is 1. The Morgan fingerprint density at radius 3 is 2.77 bits per heavy atom. The molecule has 0 spiro atoms. The van der Waals surface area contributed by atoms with E-state index in [1.807, 2.05) is 0 Å². The predicted octanol–water partition coefficient (Wildman–Crippen LogP) is -2.86. The summed E-state index contributed by atoms with van der Waals surface area (Å²) in [5.74, 6) is 0.272. The van der Waals surface area contributed by atoms with Gasteiger partial charge in [-0.1, -0.05) is 0 Å². The number of nitrogens with one attached hydrogen (secondary N) is 1. The van der Waals surface area contributed by atoms with Crippen LogP contribution >= 0.6 is 0 Å². The minimum absolute atomic E-state index is 0.212.